The molecular formula is C9H10BrClO2. The van der Waals surface area contributed by atoms with Crippen molar-refractivity contribution < 1.29 is 9.47 Å². The van der Waals surface area contributed by atoms with Crippen LogP contribution in [0.4, 0.5) is 0 Å². The van der Waals surface area contributed by atoms with Gasteiger partial charge < -0.3 is 9.47 Å². The van der Waals surface area contributed by atoms with Gasteiger partial charge in [-0.05, 0) is 22.0 Å². The molecule has 2 nitrogen and oxygen atoms in total. The first-order chi connectivity index (χ1) is 6.24. The van der Waals surface area contributed by atoms with Gasteiger partial charge in [0.25, 0.3) is 0 Å². The van der Waals surface area contributed by atoms with Gasteiger partial charge in [-0.3, -0.25) is 0 Å². The van der Waals surface area contributed by atoms with Gasteiger partial charge >= 0.3 is 0 Å². The molecule has 0 bridgehead atoms. The summed E-state index contributed by atoms with van der Waals surface area (Å²) in [5.41, 5.74) is 0.921. The van der Waals surface area contributed by atoms with Crippen LogP contribution in [0.2, 0.25) is 0 Å². The highest BCUT2D eigenvalue weighted by Crippen LogP contribution is 2.38. The molecule has 0 aromatic heterocycles. The van der Waals surface area contributed by atoms with Gasteiger partial charge in [0.1, 0.15) is 0 Å². The zero-order valence-corrected chi connectivity index (χ0v) is 9.78. The van der Waals surface area contributed by atoms with E-state index in [1.807, 2.05) is 12.1 Å². The molecule has 13 heavy (non-hydrogen) atoms. The van der Waals surface area contributed by atoms with Crippen molar-refractivity contribution in [2.24, 2.45) is 0 Å². The standard InChI is InChI=1S/C9H10BrClO2/c1-12-8-6(5-11)3-4-7(10)9(8)13-2/h3-4H,5H2,1-2H3. The summed E-state index contributed by atoms with van der Waals surface area (Å²) in [7, 11) is 3.20. The molecule has 0 unspecified atom stereocenters. The van der Waals surface area contributed by atoms with Crippen molar-refractivity contribution in [3.8, 4) is 11.5 Å². The lowest BCUT2D eigenvalue weighted by molar-refractivity contribution is 0.351. The molecule has 0 aliphatic rings. The number of benzene rings is 1. The SMILES string of the molecule is COc1c(Br)ccc(CCl)c1OC. The molecule has 0 saturated carbocycles. The van der Waals surface area contributed by atoms with E-state index in [9.17, 15) is 0 Å². The van der Waals surface area contributed by atoms with E-state index in [-0.39, 0.29) is 0 Å². The fraction of sp³-hybridized carbons (Fsp3) is 0.333. The largest absolute Gasteiger partial charge is 0.492 e. The topological polar surface area (TPSA) is 18.5 Å². The number of rotatable bonds is 3. The summed E-state index contributed by atoms with van der Waals surface area (Å²) in [6, 6.07) is 3.79. The van der Waals surface area contributed by atoms with E-state index in [4.69, 9.17) is 21.1 Å². The molecule has 72 valence electrons. The van der Waals surface area contributed by atoms with E-state index in [1.54, 1.807) is 14.2 Å². The van der Waals surface area contributed by atoms with Crippen LogP contribution in [0.5, 0.6) is 11.5 Å². The normalized spacial score (nSPS) is 9.85. The van der Waals surface area contributed by atoms with Crippen LogP contribution in [0.25, 0.3) is 0 Å². The molecule has 0 saturated heterocycles. The summed E-state index contributed by atoms with van der Waals surface area (Å²) in [4.78, 5) is 0. The fourth-order valence-electron chi connectivity index (χ4n) is 1.10. The lowest BCUT2D eigenvalue weighted by Crippen LogP contribution is -1.95. The van der Waals surface area contributed by atoms with Gasteiger partial charge in [-0.25, -0.2) is 0 Å². The minimum absolute atomic E-state index is 0.410. The lowest BCUT2D eigenvalue weighted by atomic mass is 10.2. The van der Waals surface area contributed by atoms with Gasteiger partial charge in [0.2, 0.25) is 0 Å². The van der Waals surface area contributed by atoms with Crippen molar-refractivity contribution in [2.45, 2.75) is 5.88 Å². The van der Waals surface area contributed by atoms with E-state index >= 15 is 0 Å². The van der Waals surface area contributed by atoms with Crippen LogP contribution >= 0.6 is 27.5 Å². The third kappa shape index (κ3) is 2.09. The number of methoxy groups -OCH3 is 2. The quantitative estimate of drug-likeness (QED) is 0.781. The number of hydrogen-bond acceptors (Lipinski definition) is 2. The van der Waals surface area contributed by atoms with Crippen LogP contribution in [0.3, 0.4) is 0 Å². The van der Waals surface area contributed by atoms with E-state index in [0.717, 1.165) is 10.0 Å². The second-order valence-electron chi connectivity index (χ2n) is 2.41. The summed E-state index contributed by atoms with van der Waals surface area (Å²) in [5, 5.41) is 0. The minimum Gasteiger partial charge on any atom is -0.492 e. The molecule has 0 amide bonds. The van der Waals surface area contributed by atoms with Crippen LogP contribution in [0, 0.1) is 0 Å². The van der Waals surface area contributed by atoms with Crippen molar-refractivity contribution in [3.63, 3.8) is 0 Å². The average Bonchev–Trinajstić information content (AvgIpc) is 2.17. The number of hydrogen-bond donors (Lipinski definition) is 0. The molecule has 0 spiro atoms. The van der Waals surface area contributed by atoms with Gasteiger partial charge in [-0.15, -0.1) is 11.6 Å². The molecular weight excluding hydrogens is 255 g/mol. The van der Waals surface area contributed by atoms with E-state index in [2.05, 4.69) is 15.9 Å². The van der Waals surface area contributed by atoms with Crippen molar-refractivity contribution in [1.82, 2.24) is 0 Å². The highest BCUT2D eigenvalue weighted by Gasteiger charge is 2.12. The smallest absolute Gasteiger partial charge is 0.175 e. The van der Waals surface area contributed by atoms with Crippen LogP contribution < -0.4 is 9.47 Å². The Balaban J connectivity index is 3.27. The second kappa shape index (κ2) is 4.72. The maximum absolute atomic E-state index is 5.74. The van der Waals surface area contributed by atoms with Gasteiger partial charge in [-0.2, -0.15) is 0 Å². The van der Waals surface area contributed by atoms with Crippen LogP contribution in [0.15, 0.2) is 16.6 Å². The maximum Gasteiger partial charge on any atom is 0.175 e. The first kappa shape index (κ1) is 10.7. The third-order valence-electron chi connectivity index (χ3n) is 1.70. The van der Waals surface area contributed by atoms with E-state index in [0.29, 0.717) is 17.4 Å². The number of alkyl halides is 1. The summed E-state index contributed by atoms with van der Waals surface area (Å²) < 4.78 is 11.2. The summed E-state index contributed by atoms with van der Waals surface area (Å²) in [6.07, 6.45) is 0. The van der Waals surface area contributed by atoms with Gasteiger partial charge in [-0.1, -0.05) is 6.07 Å². The Kier molecular flexibility index (Phi) is 3.88. The Morgan fingerprint density at radius 2 is 1.85 bits per heavy atom. The van der Waals surface area contributed by atoms with Gasteiger partial charge in [0.05, 0.1) is 24.6 Å². The van der Waals surface area contributed by atoms with Crippen molar-refractivity contribution in [3.05, 3.63) is 22.2 Å². The van der Waals surface area contributed by atoms with Crippen LogP contribution in [-0.2, 0) is 5.88 Å². The fourth-order valence-corrected chi connectivity index (χ4v) is 1.78. The van der Waals surface area contributed by atoms with Crippen LogP contribution in [-0.4, -0.2) is 14.2 Å². The van der Waals surface area contributed by atoms with Crippen molar-refractivity contribution >= 4 is 27.5 Å². The monoisotopic (exact) mass is 264 g/mol. The Morgan fingerprint density at radius 3 is 2.31 bits per heavy atom. The van der Waals surface area contributed by atoms with E-state index in [1.165, 1.54) is 0 Å². The molecule has 0 atom stereocenters. The molecule has 1 rings (SSSR count). The Hall–Kier alpha value is -0.410. The summed E-state index contributed by atoms with van der Waals surface area (Å²) in [5.74, 6) is 1.78. The minimum atomic E-state index is 0.410. The molecule has 1 aromatic carbocycles. The molecule has 4 heteroatoms. The molecule has 1 aromatic rings. The van der Waals surface area contributed by atoms with Crippen LogP contribution in [0.1, 0.15) is 5.56 Å². The summed E-state index contributed by atoms with van der Waals surface area (Å²) in [6.45, 7) is 0. The van der Waals surface area contributed by atoms with Crippen molar-refractivity contribution in [2.75, 3.05) is 14.2 Å². The molecule has 0 N–H and O–H groups in total. The third-order valence-corrected chi connectivity index (χ3v) is 2.61. The van der Waals surface area contributed by atoms with Gasteiger partial charge in [0, 0.05) is 5.56 Å². The molecule has 0 aliphatic carbocycles. The molecule has 0 fully saturated rings. The Bertz CT molecular complexity index is 302. The number of halogens is 2. The predicted molar refractivity (Wildman–Crippen MR) is 56.8 cm³/mol. The maximum atomic E-state index is 5.74. The zero-order chi connectivity index (χ0) is 9.84. The summed E-state index contributed by atoms with van der Waals surface area (Å²) >= 11 is 9.10. The highest BCUT2D eigenvalue weighted by molar-refractivity contribution is 9.10. The first-order valence-corrected chi connectivity index (χ1v) is 5.02. The molecule has 0 aliphatic heterocycles. The zero-order valence-electron chi connectivity index (χ0n) is 7.43. The molecule has 0 heterocycles. The molecule has 0 radical (unpaired) electrons. The Labute approximate surface area is 90.9 Å². The number of ether oxygens (including phenoxy) is 2. The van der Waals surface area contributed by atoms with Gasteiger partial charge in [0.15, 0.2) is 11.5 Å². The Morgan fingerprint density at radius 1 is 1.23 bits per heavy atom. The predicted octanol–water partition coefficient (Wildman–Crippen LogP) is 3.21. The second-order valence-corrected chi connectivity index (χ2v) is 3.53. The highest BCUT2D eigenvalue weighted by atomic mass is 79.9. The lowest BCUT2D eigenvalue weighted by Gasteiger charge is -2.12. The van der Waals surface area contributed by atoms with Crippen molar-refractivity contribution in [1.29, 1.82) is 0 Å². The van der Waals surface area contributed by atoms with E-state index < -0.39 is 0 Å². The first-order valence-electron chi connectivity index (χ1n) is 3.70. The average molecular weight is 266 g/mol.